The van der Waals surface area contributed by atoms with Crippen LogP contribution in [0.4, 0.5) is 0 Å². The van der Waals surface area contributed by atoms with Crippen molar-refractivity contribution < 1.29 is 0 Å². The summed E-state index contributed by atoms with van der Waals surface area (Å²) in [6.07, 6.45) is 3.62. The molecule has 0 fully saturated rings. The molecule has 2 aromatic heterocycles. The van der Waals surface area contributed by atoms with Crippen LogP contribution in [0.25, 0.3) is 0 Å². The van der Waals surface area contributed by atoms with Gasteiger partial charge in [-0.3, -0.25) is 5.84 Å². The molecular formula is C10H14N4S. The van der Waals surface area contributed by atoms with Gasteiger partial charge in [0, 0.05) is 11.9 Å². The molecule has 0 radical (unpaired) electrons. The Morgan fingerprint density at radius 2 is 2.40 bits per heavy atom. The van der Waals surface area contributed by atoms with Crippen molar-refractivity contribution in [2.24, 2.45) is 12.9 Å². The Labute approximate surface area is 92.7 Å². The van der Waals surface area contributed by atoms with Gasteiger partial charge in [-0.2, -0.15) is 0 Å². The van der Waals surface area contributed by atoms with Gasteiger partial charge >= 0.3 is 0 Å². The topological polar surface area (TPSA) is 55.9 Å². The molecule has 5 heteroatoms. The fourth-order valence-corrected chi connectivity index (χ4v) is 2.62. The minimum Gasteiger partial charge on any atom is -0.336 e. The lowest BCUT2D eigenvalue weighted by Gasteiger charge is -2.15. The Balaban J connectivity index is 2.41. The van der Waals surface area contributed by atoms with E-state index in [1.165, 1.54) is 10.4 Å². The van der Waals surface area contributed by atoms with Gasteiger partial charge in [0.05, 0.1) is 24.3 Å². The number of aromatic nitrogens is 2. The monoisotopic (exact) mass is 222 g/mol. The molecule has 1 atom stereocenters. The molecule has 2 aromatic rings. The number of hydrogen-bond acceptors (Lipinski definition) is 4. The minimum absolute atomic E-state index is 0.0255. The summed E-state index contributed by atoms with van der Waals surface area (Å²) >= 11 is 1.71. The SMILES string of the molecule is Cc1ccsc1C(NN)c1cncn1C. The smallest absolute Gasteiger partial charge is 0.0971 e. The maximum Gasteiger partial charge on any atom is 0.0971 e. The van der Waals surface area contributed by atoms with E-state index in [1.54, 1.807) is 17.7 Å². The number of imidazole rings is 1. The highest BCUT2D eigenvalue weighted by Gasteiger charge is 2.18. The molecule has 0 saturated carbocycles. The molecule has 0 spiro atoms. The van der Waals surface area contributed by atoms with Crippen molar-refractivity contribution >= 4 is 11.3 Å². The third-order valence-corrected chi connectivity index (χ3v) is 3.56. The predicted octanol–water partition coefficient (Wildman–Crippen LogP) is 1.34. The second-order valence-corrected chi connectivity index (χ2v) is 4.44. The molecule has 80 valence electrons. The largest absolute Gasteiger partial charge is 0.336 e. The maximum atomic E-state index is 5.61. The van der Waals surface area contributed by atoms with E-state index in [0.29, 0.717) is 0 Å². The molecule has 3 N–H and O–H groups in total. The first kappa shape index (κ1) is 10.4. The van der Waals surface area contributed by atoms with Crippen LogP contribution in [0, 0.1) is 6.92 Å². The van der Waals surface area contributed by atoms with Crippen molar-refractivity contribution in [3.05, 3.63) is 40.1 Å². The highest BCUT2D eigenvalue weighted by Crippen LogP contribution is 2.28. The summed E-state index contributed by atoms with van der Waals surface area (Å²) < 4.78 is 1.98. The Kier molecular flexibility index (Phi) is 2.86. The Morgan fingerprint density at radius 3 is 2.87 bits per heavy atom. The van der Waals surface area contributed by atoms with Crippen molar-refractivity contribution in [3.63, 3.8) is 0 Å². The summed E-state index contributed by atoms with van der Waals surface area (Å²) in [4.78, 5) is 5.34. The van der Waals surface area contributed by atoms with E-state index < -0.39 is 0 Å². The Bertz CT molecular complexity index is 405. The van der Waals surface area contributed by atoms with E-state index in [4.69, 9.17) is 5.84 Å². The molecular weight excluding hydrogens is 208 g/mol. The second kappa shape index (κ2) is 4.14. The molecule has 0 bridgehead atoms. The summed E-state index contributed by atoms with van der Waals surface area (Å²) in [5.74, 6) is 5.61. The molecule has 4 nitrogen and oxygen atoms in total. The molecule has 0 saturated heterocycles. The first-order valence-corrected chi connectivity index (χ1v) is 5.58. The lowest BCUT2D eigenvalue weighted by atomic mass is 10.1. The fraction of sp³-hybridized carbons (Fsp3) is 0.300. The fourth-order valence-electron chi connectivity index (χ4n) is 1.62. The van der Waals surface area contributed by atoms with Crippen LogP contribution in [-0.2, 0) is 7.05 Å². The van der Waals surface area contributed by atoms with E-state index in [9.17, 15) is 0 Å². The third kappa shape index (κ3) is 1.81. The van der Waals surface area contributed by atoms with E-state index in [1.807, 2.05) is 17.8 Å². The van der Waals surface area contributed by atoms with Crippen LogP contribution >= 0.6 is 11.3 Å². The van der Waals surface area contributed by atoms with Gasteiger partial charge < -0.3 is 4.57 Å². The van der Waals surface area contributed by atoms with Crippen molar-refractivity contribution in [2.45, 2.75) is 13.0 Å². The van der Waals surface area contributed by atoms with Crippen LogP contribution < -0.4 is 11.3 Å². The Morgan fingerprint density at radius 1 is 1.60 bits per heavy atom. The molecule has 0 aliphatic carbocycles. The standard InChI is InChI=1S/C10H14N4S/c1-7-3-4-15-10(7)9(13-11)8-5-12-6-14(8)2/h3-6,9,13H,11H2,1-2H3. The van der Waals surface area contributed by atoms with Crippen LogP contribution in [0.15, 0.2) is 24.0 Å². The van der Waals surface area contributed by atoms with Crippen LogP contribution in [0.1, 0.15) is 22.2 Å². The normalized spacial score (nSPS) is 13.0. The van der Waals surface area contributed by atoms with E-state index in [2.05, 4.69) is 28.8 Å². The van der Waals surface area contributed by atoms with Crippen molar-refractivity contribution in [1.29, 1.82) is 0 Å². The van der Waals surface area contributed by atoms with Gasteiger partial charge in [0.1, 0.15) is 0 Å². The van der Waals surface area contributed by atoms with Gasteiger partial charge in [0.15, 0.2) is 0 Å². The van der Waals surface area contributed by atoms with Crippen LogP contribution in [0.3, 0.4) is 0 Å². The molecule has 0 aliphatic heterocycles. The average Bonchev–Trinajstić information content (AvgIpc) is 2.80. The molecule has 0 aromatic carbocycles. The van der Waals surface area contributed by atoms with Crippen LogP contribution in [-0.4, -0.2) is 9.55 Å². The number of hydrogen-bond donors (Lipinski definition) is 2. The maximum absolute atomic E-state index is 5.61. The minimum atomic E-state index is 0.0255. The number of aryl methyl sites for hydroxylation is 2. The van der Waals surface area contributed by atoms with Crippen molar-refractivity contribution in [2.75, 3.05) is 0 Å². The summed E-state index contributed by atoms with van der Waals surface area (Å²) in [5.41, 5.74) is 5.16. The molecule has 0 amide bonds. The lowest BCUT2D eigenvalue weighted by Crippen LogP contribution is -2.30. The number of hydrazine groups is 1. The Hall–Kier alpha value is -1.17. The summed E-state index contributed by atoms with van der Waals surface area (Å²) in [5, 5.41) is 2.07. The molecule has 15 heavy (non-hydrogen) atoms. The first-order chi connectivity index (χ1) is 7.24. The number of nitrogens with two attached hydrogens (primary N) is 1. The van der Waals surface area contributed by atoms with Gasteiger partial charge in [-0.25, -0.2) is 10.4 Å². The lowest BCUT2D eigenvalue weighted by molar-refractivity contribution is 0.603. The van der Waals surface area contributed by atoms with E-state index >= 15 is 0 Å². The molecule has 2 heterocycles. The number of thiophene rings is 1. The third-order valence-electron chi connectivity index (χ3n) is 2.48. The van der Waals surface area contributed by atoms with E-state index in [0.717, 1.165) is 5.69 Å². The average molecular weight is 222 g/mol. The van der Waals surface area contributed by atoms with Crippen molar-refractivity contribution in [1.82, 2.24) is 15.0 Å². The van der Waals surface area contributed by atoms with E-state index in [-0.39, 0.29) is 6.04 Å². The van der Waals surface area contributed by atoms with Gasteiger partial charge in [0.25, 0.3) is 0 Å². The zero-order valence-corrected chi connectivity index (χ0v) is 9.58. The number of rotatable bonds is 3. The second-order valence-electron chi connectivity index (χ2n) is 3.50. The van der Waals surface area contributed by atoms with Gasteiger partial charge in [-0.05, 0) is 23.9 Å². The first-order valence-electron chi connectivity index (χ1n) is 4.70. The van der Waals surface area contributed by atoms with Crippen LogP contribution in [0.5, 0.6) is 0 Å². The number of nitrogens with one attached hydrogen (secondary N) is 1. The van der Waals surface area contributed by atoms with Gasteiger partial charge in [-0.1, -0.05) is 0 Å². The molecule has 2 rings (SSSR count). The summed E-state index contributed by atoms with van der Waals surface area (Å²) in [7, 11) is 1.97. The number of nitrogens with zero attached hydrogens (tertiary/aromatic N) is 2. The zero-order valence-electron chi connectivity index (χ0n) is 8.77. The summed E-state index contributed by atoms with van der Waals surface area (Å²) in [6, 6.07) is 2.12. The van der Waals surface area contributed by atoms with Gasteiger partial charge in [-0.15, -0.1) is 11.3 Å². The highest BCUT2D eigenvalue weighted by molar-refractivity contribution is 7.10. The quantitative estimate of drug-likeness (QED) is 0.608. The summed E-state index contributed by atoms with van der Waals surface area (Å²) in [6.45, 7) is 2.09. The van der Waals surface area contributed by atoms with Crippen molar-refractivity contribution in [3.8, 4) is 0 Å². The van der Waals surface area contributed by atoms with Gasteiger partial charge in [0.2, 0.25) is 0 Å². The highest BCUT2D eigenvalue weighted by atomic mass is 32.1. The predicted molar refractivity (Wildman–Crippen MR) is 61.4 cm³/mol. The molecule has 0 aliphatic rings. The molecule has 1 unspecified atom stereocenters. The zero-order chi connectivity index (χ0) is 10.8. The van der Waals surface area contributed by atoms with Crippen LogP contribution in [0.2, 0.25) is 0 Å².